The maximum Gasteiger partial charge on any atom is 0.335 e. The molecule has 0 unspecified atom stereocenters. The maximum atomic E-state index is 10.5. The van der Waals surface area contributed by atoms with Crippen LogP contribution in [0, 0.1) is 7.14 Å². The van der Waals surface area contributed by atoms with Crippen LogP contribution in [0.25, 0.3) is 0 Å². The molecular weight excluding hydrogens is 386 g/mol. The Kier molecular flexibility index (Phi) is 3.16. The van der Waals surface area contributed by atoms with E-state index in [9.17, 15) is 9.90 Å². The molecule has 0 amide bonds. The number of hydrogen-bond acceptors (Lipinski definition) is 2. The Bertz CT molecular complexity index is 312. The van der Waals surface area contributed by atoms with Crippen molar-refractivity contribution in [3.05, 3.63) is 24.8 Å². The Labute approximate surface area is 96.1 Å². The third kappa shape index (κ3) is 2.00. The van der Waals surface area contributed by atoms with Crippen LogP contribution in [0.15, 0.2) is 12.1 Å². The van der Waals surface area contributed by atoms with E-state index in [1.54, 1.807) is 0 Å². The van der Waals surface area contributed by atoms with Gasteiger partial charge in [-0.25, -0.2) is 4.79 Å². The van der Waals surface area contributed by atoms with Crippen molar-refractivity contribution < 1.29 is 15.0 Å². The predicted octanol–water partition coefficient (Wildman–Crippen LogP) is 2.30. The van der Waals surface area contributed by atoms with Gasteiger partial charge >= 0.3 is 5.97 Å². The molecule has 3 nitrogen and oxygen atoms in total. The number of benzene rings is 1. The minimum atomic E-state index is -0.981. The minimum absolute atomic E-state index is 0.140. The first-order chi connectivity index (χ1) is 5.52. The number of carbonyl (C=O) groups is 1. The Hall–Kier alpha value is -0.0500. The zero-order valence-corrected chi connectivity index (χ0v) is 10.0. The van der Waals surface area contributed by atoms with Crippen molar-refractivity contribution in [1.82, 2.24) is 0 Å². The molecule has 0 atom stereocenters. The second-order valence-electron chi connectivity index (χ2n) is 2.09. The van der Waals surface area contributed by atoms with Gasteiger partial charge in [-0.2, -0.15) is 0 Å². The van der Waals surface area contributed by atoms with Gasteiger partial charge in [0, 0.05) is 0 Å². The fourth-order valence-corrected chi connectivity index (χ4v) is 2.46. The predicted molar refractivity (Wildman–Crippen MR) is 60.5 cm³/mol. The fraction of sp³-hybridized carbons (Fsp3) is 0. The Morgan fingerprint density at radius 2 is 1.67 bits per heavy atom. The zero-order chi connectivity index (χ0) is 9.30. The van der Waals surface area contributed by atoms with Crippen LogP contribution in [-0.2, 0) is 0 Å². The molecule has 0 aliphatic rings. The summed E-state index contributed by atoms with van der Waals surface area (Å²) in [6, 6.07) is 2.86. The molecule has 2 N–H and O–H groups in total. The highest BCUT2D eigenvalue weighted by Gasteiger charge is 2.09. The molecule has 0 aliphatic carbocycles. The first-order valence-corrected chi connectivity index (χ1v) is 5.09. The van der Waals surface area contributed by atoms with Crippen molar-refractivity contribution in [3.8, 4) is 5.75 Å². The maximum absolute atomic E-state index is 10.5. The van der Waals surface area contributed by atoms with E-state index in [1.165, 1.54) is 12.1 Å². The summed E-state index contributed by atoms with van der Waals surface area (Å²) in [5.41, 5.74) is 0.196. The van der Waals surface area contributed by atoms with Gasteiger partial charge in [0.1, 0.15) is 5.75 Å². The third-order valence-corrected chi connectivity index (χ3v) is 2.91. The van der Waals surface area contributed by atoms with Gasteiger partial charge in [-0.3, -0.25) is 0 Å². The lowest BCUT2D eigenvalue weighted by Gasteiger charge is -2.01. The average Bonchev–Trinajstić information content (AvgIpc) is 1.99. The van der Waals surface area contributed by atoms with Gasteiger partial charge in [0.2, 0.25) is 0 Å². The highest BCUT2D eigenvalue weighted by atomic mass is 127. The molecule has 0 saturated heterocycles. The summed E-state index contributed by atoms with van der Waals surface area (Å²) < 4.78 is 1.11. The molecule has 12 heavy (non-hydrogen) atoms. The molecule has 0 spiro atoms. The number of hydrogen-bond donors (Lipinski definition) is 2. The second-order valence-corrected chi connectivity index (χ2v) is 4.42. The highest BCUT2D eigenvalue weighted by Crippen LogP contribution is 2.27. The summed E-state index contributed by atoms with van der Waals surface area (Å²) >= 11 is 3.78. The summed E-state index contributed by atoms with van der Waals surface area (Å²) in [4.78, 5) is 10.5. The quantitative estimate of drug-likeness (QED) is 0.724. The molecule has 0 fully saturated rings. The summed E-state index contributed by atoms with van der Waals surface area (Å²) in [7, 11) is 0. The number of phenolic OH excluding ortho intramolecular Hbond substituents is 1. The Balaban J connectivity index is 3.31. The van der Waals surface area contributed by atoms with Crippen molar-refractivity contribution in [1.29, 1.82) is 0 Å². The van der Waals surface area contributed by atoms with Crippen LogP contribution < -0.4 is 0 Å². The van der Waals surface area contributed by atoms with E-state index in [0.717, 1.165) is 0 Å². The monoisotopic (exact) mass is 390 g/mol. The van der Waals surface area contributed by atoms with Gasteiger partial charge < -0.3 is 10.2 Å². The first-order valence-electron chi connectivity index (χ1n) is 2.93. The van der Waals surface area contributed by atoms with Crippen LogP contribution in [0.2, 0.25) is 0 Å². The topological polar surface area (TPSA) is 57.5 Å². The van der Waals surface area contributed by atoms with Crippen LogP contribution in [0.5, 0.6) is 5.75 Å². The van der Waals surface area contributed by atoms with E-state index >= 15 is 0 Å². The lowest BCUT2D eigenvalue weighted by Crippen LogP contribution is -1.97. The molecular formula is C7H4I2O3. The summed E-state index contributed by atoms with van der Waals surface area (Å²) in [6.07, 6.45) is 0. The largest absolute Gasteiger partial charge is 0.506 e. The molecule has 0 saturated carbocycles. The van der Waals surface area contributed by atoms with E-state index in [4.69, 9.17) is 5.11 Å². The number of halogens is 2. The van der Waals surface area contributed by atoms with Crippen molar-refractivity contribution in [2.24, 2.45) is 0 Å². The lowest BCUT2D eigenvalue weighted by atomic mass is 10.2. The van der Waals surface area contributed by atoms with Crippen molar-refractivity contribution in [2.45, 2.75) is 0 Å². The van der Waals surface area contributed by atoms with Gasteiger partial charge in [0.15, 0.2) is 0 Å². The van der Waals surface area contributed by atoms with Crippen LogP contribution in [0.3, 0.4) is 0 Å². The molecule has 0 radical (unpaired) electrons. The standard InChI is InChI=1S/C7H4I2O3/c8-4-1-3(7(11)12)2-5(9)6(4)10/h1-2,10H,(H,11,12). The van der Waals surface area contributed by atoms with Crippen LogP contribution in [-0.4, -0.2) is 16.2 Å². The third-order valence-electron chi connectivity index (χ3n) is 1.26. The number of carboxylic acids is 1. The molecule has 1 aromatic carbocycles. The average molecular weight is 390 g/mol. The van der Waals surface area contributed by atoms with Crippen molar-refractivity contribution >= 4 is 51.2 Å². The van der Waals surface area contributed by atoms with Gasteiger partial charge in [-0.05, 0) is 57.3 Å². The normalized spacial score (nSPS) is 9.83. The molecule has 1 aromatic rings. The summed E-state index contributed by atoms with van der Waals surface area (Å²) in [6.45, 7) is 0. The van der Waals surface area contributed by atoms with Gasteiger partial charge in [0.05, 0.1) is 12.7 Å². The molecule has 0 aromatic heterocycles. The fourth-order valence-electron chi connectivity index (χ4n) is 0.689. The molecule has 0 aliphatic heterocycles. The number of aromatic carboxylic acids is 1. The molecule has 0 bridgehead atoms. The first kappa shape index (κ1) is 10.0. The number of phenols is 1. The van der Waals surface area contributed by atoms with Crippen LogP contribution >= 0.6 is 45.2 Å². The smallest absolute Gasteiger partial charge is 0.335 e. The number of rotatable bonds is 1. The van der Waals surface area contributed by atoms with Crippen LogP contribution in [0.4, 0.5) is 0 Å². The van der Waals surface area contributed by atoms with Crippen LogP contribution in [0.1, 0.15) is 10.4 Å². The van der Waals surface area contributed by atoms with Crippen molar-refractivity contribution in [3.63, 3.8) is 0 Å². The summed E-state index contributed by atoms with van der Waals surface area (Å²) in [5.74, 6) is -0.841. The minimum Gasteiger partial charge on any atom is -0.506 e. The van der Waals surface area contributed by atoms with Gasteiger partial charge in [0.25, 0.3) is 0 Å². The molecule has 0 heterocycles. The SMILES string of the molecule is O=C(O)c1cc(I)c(O)c(I)c1. The highest BCUT2D eigenvalue weighted by molar-refractivity contribution is 14.1. The van der Waals surface area contributed by atoms with Gasteiger partial charge in [-0.1, -0.05) is 0 Å². The number of aromatic hydroxyl groups is 1. The van der Waals surface area contributed by atoms with E-state index in [-0.39, 0.29) is 11.3 Å². The second kappa shape index (κ2) is 3.77. The van der Waals surface area contributed by atoms with E-state index < -0.39 is 5.97 Å². The van der Waals surface area contributed by atoms with Gasteiger partial charge in [-0.15, -0.1) is 0 Å². The Morgan fingerprint density at radius 3 is 2.00 bits per heavy atom. The molecule has 5 heteroatoms. The number of carboxylic acid groups (broad SMARTS) is 1. The lowest BCUT2D eigenvalue weighted by molar-refractivity contribution is 0.0696. The zero-order valence-electron chi connectivity index (χ0n) is 5.71. The molecule has 1 rings (SSSR count). The van der Waals surface area contributed by atoms with E-state index in [2.05, 4.69) is 0 Å². The summed E-state index contributed by atoms with van der Waals surface area (Å²) in [5, 5.41) is 17.9. The van der Waals surface area contributed by atoms with Crippen molar-refractivity contribution in [2.75, 3.05) is 0 Å². The Morgan fingerprint density at radius 1 is 1.25 bits per heavy atom. The van der Waals surface area contributed by atoms with E-state index in [1.807, 2.05) is 45.2 Å². The van der Waals surface area contributed by atoms with E-state index in [0.29, 0.717) is 7.14 Å². The molecule has 64 valence electrons.